The molecule has 22 heavy (non-hydrogen) atoms. The molecule has 2 aromatic rings. The van der Waals surface area contributed by atoms with Crippen LogP contribution in [0.5, 0.6) is 0 Å². The number of rotatable bonds is 7. The van der Waals surface area contributed by atoms with Crippen LogP contribution in [0.1, 0.15) is 5.56 Å². The molecule has 0 aliphatic heterocycles. The number of hydrogen-bond acceptors (Lipinski definition) is 2. The first-order valence-electron chi connectivity index (χ1n) is 7.46. The third-order valence-electron chi connectivity index (χ3n) is 3.60. The van der Waals surface area contributed by atoms with E-state index >= 15 is 0 Å². The maximum absolute atomic E-state index is 11.3. The molecule has 0 aliphatic carbocycles. The van der Waals surface area contributed by atoms with Gasteiger partial charge in [-0.3, -0.25) is 4.79 Å². The second-order valence-electron chi connectivity index (χ2n) is 5.90. The minimum absolute atomic E-state index is 0.363. The van der Waals surface area contributed by atoms with Crippen molar-refractivity contribution in [2.24, 2.45) is 0 Å². The van der Waals surface area contributed by atoms with Gasteiger partial charge in [0.05, 0.1) is 13.2 Å². The zero-order valence-electron chi connectivity index (χ0n) is 13.2. The Morgan fingerprint density at radius 2 is 1.59 bits per heavy atom. The van der Waals surface area contributed by atoms with Crippen LogP contribution in [0.4, 0.5) is 0 Å². The molecule has 0 saturated heterocycles. The lowest BCUT2D eigenvalue weighted by atomic mass is 10.2. The van der Waals surface area contributed by atoms with Crippen LogP contribution >= 0.6 is 0 Å². The minimum atomic E-state index is -1.77. The number of aldehydes is 1. The fourth-order valence-corrected chi connectivity index (χ4v) is 4.68. The van der Waals surface area contributed by atoms with Crippen molar-refractivity contribution in [3.8, 4) is 0 Å². The van der Waals surface area contributed by atoms with Gasteiger partial charge < -0.3 is 4.74 Å². The molecule has 0 fully saturated rings. The van der Waals surface area contributed by atoms with E-state index in [-0.39, 0.29) is 0 Å². The molecule has 0 radical (unpaired) electrons. The van der Waals surface area contributed by atoms with Crippen LogP contribution in [-0.2, 0) is 16.1 Å². The van der Waals surface area contributed by atoms with E-state index in [9.17, 15) is 4.79 Å². The quantitative estimate of drug-likeness (QED) is 0.444. The van der Waals surface area contributed by atoms with Gasteiger partial charge in [-0.15, -0.1) is 0 Å². The lowest BCUT2D eigenvalue weighted by molar-refractivity contribution is -0.105. The molecule has 2 aromatic carbocycles. The van der Waals surface area contributed by atoms with E-state index in [1.165, 1.54) is 5.19 Å². The molecule has 0 heterocycles. The summed E-state index contributed by atoms with van der Waals surface area (Å²) in [6, 6.07) is 20.4. The lowest BCUT2D eigenvalue weighted by Crippen LogP contribution is -2.40. The van der Waals surface area contributed by atoms with Crippen molar-refractivity contribution in [2.75, 3.05) is 6.61 Å². The maximum Gasteiger partial charge on any atom is 0.147 e. The van der Waals surface area contributed by atoms with E-state index in [1.807, 2.05) is 48.5 Å². The second-order valence-corrected chi connectivity index (χ2v) is 10.2. The highest BCUT2D eigenvalue weighted by atomic mass is 28.3. The SMILES string of the molecule is C[Si](C)(/C=C(/C=O)COCc1ccccc1)c1ccccc1. The Kier molecular flexibility index (Phi) is 5.87. The van der Waals surface area contributed by atoms with Gasteiger partial charge in [-0.05, 0) is 5.56 Å². The predicted octanol–water partition coefficient (Wildman–Crippen LogP) is 3.48. The summed E-state index contributed by atoms with van der Waals surface area (Å²) in [6.07, 6.45) is 0.919. The largest absolute Gasteiger partial charge is 0.372 e. The fourth-order valence-electron chi connectivity index (χ4n) is 2.39. The first-order chi connectivity index (χ1) is 10.6. The first kappa shape index (κ1) is 16.4. The van der Waals surface area contributed by atoms with Gasteiger partial charge >= 0.3 is 0 Å². The Balaban J connectivity index is 2.00. The van der Waals surface area contributed by atoms with E-state index in [0.29, 0.717) is 13.2 Å². The molecule has 0 bridgehead atoms. The second kappa shape index (κ2) is 7.87. The van der Waals surface area contributed by atoms with Crippen LogP contribution in [0.3, 0.4) is 0 Å². The summed E-state index contributed by atoms with van der Waals surface area (Å²) in [5.41, 5.74) is 3.98. The minimum Gasteiger partial charge on any atom is -0.372 e. The normalized spacial score (nSPS) is 12.2. The number of carbonyl (C=O) groups excluding carboxylic acids is 1. The van der Waals surface area contributed by atoms with Gasteiger partial charge in [-0.1, -0.05) is 84.6 Å². The fraction of sp³-hybridized carbons (Fsp3) is 0.211. The molecule has 114 valence electrons. The van der Waals surface area contributed by atoms with Gasteiger partial charge in [0.15, 0.2) is 0 Å². The van der Waals surface area contributed by atoms with Crippen LogP contribution in [0.15, 0.2) is 71.9 Å². The van der Waals surface area contributed by atoms with E-state index in [1.54, 1.807) is 0 Å². The lowest BCUT2D eigenvalue weighted by Gasteiger charge is -2.19. The third kappa shape index (κ3) is 4.79. The maximum atomic E-state index is 11.3. The standard InChI is InChI=1S/C19H22O2Si/c1-22(2,19-11-7-4-8-12-19)16-18(13-20)15-21-14-17-9-5-3-6-10-17/h3-13,16H,14-15H2,1-2H3/b18-16-. The number of ether oxygens (including phenoxy) is 1. The van der Waals surface area contributed by atoms with Crippen molar-refractivity contribution in [3.63, 3.8) is 0 Å². The van der Waals surface area contributed by atoms with Crippen molar-refractivity contribution < 1.29 is 9.53 Å². The van der Waals surface area contributed by atoms with E-state index in [4.69, 9.17) is 4.74 Å². The molecule has 2 nitrogen and oxygen atoms in total. The summed E-state index contributed by atoms with van der Waals surface area (Å²) in [7, 11) is -1.77. The number of hydrogen-bond donors (Lipinski definition) is 0. The average Bonchev–Trinajstić information content (AvgIpc) is 2.55. The summed E-state index contributed by atoms with van der Waals surface area (Å²) < 4.78 is 5.68. The van der Waals surface area contributed by atoms with Crippen molar-refractivity contribution in [2.45, 2.75) is 19.7 Å². The monoisotopic (exact) mass is 310 g/mol. The molecule has 0 spiro atoms. The summed E-state index contributed by atoms with van der Waals surface area (Å²) in [6.45, 7) is 5.37. The molecule has 0 amide bonds. The van der Waals surface area contributed by atoms with Crippen LogP contribution < -0.4 is 5.19 Å². The van der Waals surface area contributed by atoms with E-state index in [0.717, 1.165) is 17.4 Å². The molecule has 0 atom stereocenters. The highest BCUT2D eigenvalue weighted by molar-refractivity contribution is 6.94. The smallest absolute Gasteiger partial charge is 0.147 e. The van der Waals surface area contributed by atoms with Crippen molar-refractivity contribution in [1.29, 1.82) is 0 Å². The number of carbonyl (C=O) groups is 1. The Hall–Kier alpha value is -1.97. The highest BCUT2D eigenvalue weighted by Gasteiger charge is 2.21. The molecule has 0 aliphatic rings. The summed E-state index contributed by atoms with van der Waals surface area (Å²) in [5.74, 6) is 0. The van der Waals surface area contributed by atoms with Gasteiger partial charge in [0.1, 0.15) is 14.4 Å². The molecule has 0 N–H and O–H groups in total. The molecule has 0 aromatic heterocycles. The molecule has 3 heteroatoms. The van der Waals surface area contributed by atoms with Gasteiger partial charge in [-0.25, -0.2) is 0 Å². The zero-order chi connectivity index (χ0) is 15.8. The Morgan fingerprint density at radius 3 is 2.18 bits per heavy atom. The van der Waals surface area contributed by atoms with Crippen LogP contribution in [0.2, 0.25) is 13.1 Å². The molecular formula is C19H22O2Si. The van der Waals surface area contributed by atoms with Crippen LogP contribution in [0.25, 0.3) is 0 Å². The predicted molar refractivity (Wildman–Crippen MR) is 93.8 cm³/mol. The molecule has 0 saturated carbocycles. The zero-order valence-corrected chi connectivity index (χ0v) is 14.2. The van der Waals surface area contributed by atoms with Gasteiger partial charge in [0.2, 0.25) is 0 Å². The molecule has 2 rings (SSSR count). The van der Waals surface area contributed by atoms with Gasteiger partial charge in [-0.2, -0.15) is 0 Å². The highest BCUT2D eigenvalue weighted by Crippen LogP contribution is 2.09. The van der Waals surface area contributed by atoms with E-state index in [2.05, 4.69) is 30.9 Å². The Bertz CT molecular complexity index is 618. The average molecular weight is 310 g/mol. The topological polar surface area (TPSA) is 26.3 Å². The Morgan fingerprint density at radius 1 is 1.00 bits per heavy atom. The molecular weight excluding hydrogens is 288 g/mol. The Labute approximate surface area is 133 Å². The first-order valence-corrected chi connectivity index (χ1v) is 10.5. The summed E-state index contributed by atoms with van der Waals surface area (Å²) in [4.78, 5) is 11.3. The van der Waals surface area contributed by atoms with Crippen molar-refractivity contribution in [1.82, 2.24) is 0 Å². The number of benzene rings is 2. The van der Waals surface area contributed by atoms with Crippen molar-refractivity contribution >= 4 is 19.5 Å². The van der Waals surface area contributed by atoms with Gasteiger partial charge in [0, 0.05) is 5.57 Å². The van der Waals surface area contributed by atoms with Crippen LogP contribution in [0, 0.1) is 0 Å². The van der Waals surface area contributed by atoms with Crippen LogP contribution in [-0.4, -0.2) is 21.0 Å². The summed E-state index contributed by atoms with van der Waals surface area (Å²) in [5, 5.41) is 1.32. The van der Waals surface area contributed by atoms with E-state index < -0.39 is 8.07 Å². The summed E-state index contributed by atoms with van der Waals surface area (Å²) >= 11 is 0. The third-order valence-corrected chi connectivity index (χ3v) is 6.51. The molecule has 0 unspecified atom stereocenters. The van der Waals surface area contributed by atoms with Crippen molar-refractivity contribution in [3.05, 3.63) is 77.5 Å². The van der Waals surface area contributed by atoms with Gasteiger partial charge in [0.25, 0.3) is 0 Å².